The van der Waals surface area contributed by atoms with Crippen molar-refractivity contribution in [2.24, 2.45) is 0 Å². The molecule has 0 fully saturated rings. The Morgan fingerprint density at radius 1 is 1.35 bits per heavy atom. The van der Waals surface area contributed by atoms with Crippen LogP contribution in [0.4, 0.5) is 5.69 Å². The zero-order valence-corrected chi connectivity index (χ0v) is 11.1. The van der Waals surface area contributed by atoms with Crippen molar-refractivity contribution in [3.05, 3.63) is 35.4 Å². The maximum atomic E-state index is 5.99. The molecule has 2 aliphatic rings. The van der Waals surface area contributed by atoms with E-state index in [1.54, 1.807) is 0 Å². The Labute approximate surface area is 111 Å². The van der Waals surface area contributed by atoms with Crippen LogP contribution in [0.15, 0.2) is 35.2 Å². The first-order valence-electron chi connectivity index (χ1n) is 5.96. The lowest BCUT2D eigenvalue weighted by Gasteiger charge is -2.35. The van der Waals surface area contributed by atoms with Crippen molar-refractivity contribution in [1.29, 1.82) is 0 Å². The van der Waals surface area contributed by atoms with Gasteiger partial charge in [0.1, 0.15) is 0 Å². The monoisotopic (exact) mass is 266 g/mol. The fourth-order valence-corrected chi connectivity index (χ4v) is 3.54. The molecule has 0 saturated carbocycles. The highest BCUT2D eigenvalue weighted by Crippen LogP contribution is 2.38. The molecule has 0 bridgehead atoms. The molecule has 1 atom stereocenters. The second-order valence-corrected chi connectivity index (χ2v) is 5.95. The molecule has 17 heavy (non-hydrogen) atoms. The minimum Gasteiger partial charge on any atom is -0.371 e. The molecule has 1 unspecified atom stereocenters. The van der Waals surface area contributed by atoms with Gasteiger partial charge in [0.15, 0.2) is 0 Å². The summed E-state index contributed by atoms with van der Waals surface area (Å²) in [5, 5.41) is 4.24. The van der Waals surface area contributed by atoms with Crippen molar-refractivity contribution in [2.75, 3.05) is 12.0 Å². The van der Waals surface area contributed by atoms with E-state index >= 15 is 0 Å². The van der Waals surface area contributed by atoms with E-state index in [9.17, 15) is 0 Å². The molecule has 1 aromatic carbocycles. The van der Waals surface area contributed by atoms with Gasteiger partial charge in [-0.05, 0) is 49.4 Å². The topological polar surface area (TPSA) is 15.3 Å². The van der Waals surface area contributed by atoms with Crippen LogP contribution in [0.1, 0.15) is 19.3 Å². The van der Waals surface area contributed by atoms with Crippen molar-refractivity contribution < 1.29 is 0 Å². The number of allylic oxidation sites excluding steroid dienone is 1. The number of nitrogens with zero attached hydrogens (tertiary/aromatic N) is 1. The average Bonchev–Trinajstić information content (AvgIpc) is 2.39. The van der Waals surface area contributed by atoms with Crippen LogP contribution >= 0.6 is 23.5 Å². The first kappa shape index (κ1) is 11.5. The van der Waals surface area contributed by atoms with Crippen LogP contribution < -0.4 is 5.32 Å². The van der Waals surface area contributed by atoms with E-state index in [1.165, 1.54) is 17.7 Å². The Balaban J connectivity index is 1.76. The summed E-state index contributed by atoms with van der Waals surface area (Å²) in [6.07, 6.45) is 8.21. The molecule has 0 radical (unpaired) electrons. The fraction of sp³-hybridized carbons (Fsp3) is 0.385. The van der Waals surface area contributed by atoms with E-state index in [2.05, 4.69) is 27.8 Å². The lowest BCUT2D eigenvalue weighted by molar-refractivity contribution is 0.343. The summed E-state index contributed by atoms with van der Waals surface area (Å²) in [4.78, 5) is 1.27. The van der Waals surface area contributed by atoms with Gasteiger partial charge in [-0.2, -0.15) is 0 Å². The highest BCUT2D eigenvalue weighted by Gasteiger charge is 2.24. The van der Waals surface area contributed by atoms with Gasteiger partial charge in [0.25, 0.3) is 0 Å². The summed E-state index contributed by atoms with van der Waals surface area (Å²) in [7, 11) is 0. The number of hydrogen-bond donors (Lipinski definition) is 1. The predicted octanol–water partition coefficient (Wildman–Crippen LogP) is 4.14. The largest absolute Gasteiger partial charge is 0.371 e. The van der Waals surface area contributed by atoms with Crippen molar-refractivity contribution in [1.82, 2.24) is 4.31 Å². The van der Waals surface area contributed by atoms with Crippen LogP contribution in [-0.4, -0.2) is 17.0 Å². The summed E-state index contributed by atoms with van der Waals surface area (Å²) >= 11 is 7.84. The molecule has 2 nitrogen and oxygen atoms in total. The standard InChI is InChI=1S/C13H15ClN2S/c14-10-6-7-13-12(8-10)15-9-16(17-13)11-4-2-1-3-5-11/h1-2,6-8,11,15H,3-5,9H2. The van der Waals surface area contributed by atoms with Crippen molar-refractivity contribution >= 4 is 29.2 Å². The fourth-order valence-electron chi connectivity index (χ4n) is 2.28. The summed E-state index contributed by atoms with van der Waals surface area (Å²) < 4.78 is 2.44. The number of benzene rings is 1. The van der Waals surface area contributed by atoms with Gasteiger partial charge in [-0.15, -0.1) is 0 Å². The maximum absolute atomic E-state index is 5.99. The lowest BCUT2D eigenvalue weighted by Crippen LogP contribution is -2.36. The normalized spacial score (nSPS) is 24.2. The summed E-state index contributed by atoms with van der Waals surface area (Å²) in [5.41, 5.74) is 1.16. The van der Waals surface area contributed by atoms with E-state index in [-0.39, 0.29) is 0 Å². The molecule has 1 aromatic rings. The molecule has 1 heterocycles. The Morgan fingerprint density at radius 2 is 2.29 bits per heavy atom. The van der Waals surface area contributed by atoms with Gasteiger partial charge in [0.05, 0.1) is 12.4 Å². The third-order valence-corrected chi connectivity index (χ3v) is 4.68. The Morgan fingerprint density at radius 3 is 3.12 bits per heavy atom. The molecule has 0 saturated heterocycles. The number of rotatable bonds is 1. The van der Waals surface area contributed by atoms with Crippen LogP contribution in [0.25, 0.3) is 0 Å². The molecule has 1 aliphatic heterocycles. The third kappa shape index (κ3) is 2.46. The van der Waals surface area contributed by atoms with Crippen LogP contribution in [0.2, 0.25) is 5.02 Å². The Bertz CT molecular complexity index is 447. The van der Waals surface area contributed by atoms with Gasteiger partial charge in [0.2, 0.25) is 0 Å². The van der Waals surface area contributed by atoms with E-state index in [1.807, 2.05) is 24.1 Å². The molecule has 0 aromatic heterocycles. The SMILES string of the molecule is Clc1ccc2c(c1)NCN(C1CC=CCC1)S2. The minimum atomic E-state index is 0.654. The summed E-state index contributed by atoms with van der Waals surface area (Å²) in [6, 6.07) is 6.71. The first-order valence-corrected chi connectivity index (χ1v) is 7.11. The molecule has 4 heteroatoms. The van der Waals surface area contributed by atoms with E-state index < -0.39 is 0 Å². The van der Waals surface area contributed by atoms with Gasteiger partial charge in [-0.1, -0.05) is 23.8 Å². The number of anilines is 1. The first-order chi connectivity index (χ1) is 8.33. The quantitative estimate of drug-likeness (QED) is 0.607. The van der Waals surface area contributed by atoms with Gasteiger partial charge < -0.3 is 5.32 Å². The highest BCUT2D eigenvalue weighted by atomic mass is 35.5. The molecule has 3 rings (SSSR count). The second kappa shape index (κ2) is 4.92. The summed E-state index contributed by atoms with van der Waals surface area (Å²) in [6.45, 7) is 0.899. The Hall–Kier alpha value is -0.640. The Kier molecular flexibility index (Phi) is 3.32. The van der Waals surface area contributed by atoms with Gasteiger partial charge >= 0.3 is 0 Å². The lowest BCUT2D eigenvalue weighted by atomic mass is 10.0. The summed E-state index contributed by atoms with van der Waals surface area (Å²) in [5.74, 6) is 0. The maximum Gasteiger partial charge on any atom is 0.0782 e. The average molecular weight is 267 g/mol. The number of fused-ring (bicyclic) bond motifs is 1. The van der Waals surface area contributed by atoms with Crippen molar-refractivity contribution in [3.8, 4) is 0 Å². The van der Waals surface area contributed by atoms with E-state index in [0.29, 0.717) is 6.04 Å². The molecular weight excluding hydrogens is 252 g/mol. The van der Waals surface area contributed by atoms with Crippen molar-refractivity contribution in [2.45, 2.75) is 30.2 Å². The number of hydrogen-bond acceptors (Lipinski definition) is 3. The smallest absolute Gasteiger partial charge is 0.0782 e. The zero-order chi connectivity index (χ0) is 11.7. The predicted molar refractivity (Wildman–Crippen MR) is 74.4 cm³/mol. The zero-order valence-electron chi connectivity index (χ0n) is 9.53. The molecule has 1 N–H and O–H groups in total. The van der Waals surface area contributed by atoms with Crippen LogP contribution in [0.3, 0.4) is 0 Å². The van der Waals surface area contributed by atoms with Gasteiger partial charge in [0, 0.05) is 16.0 Å². The second-order valence-electron chi connectivity index (χ2n) is 4.42. The third-order valence-electron chi connectivity index (χ3n) is 3.23. The van der Waals surface area contributed by atoms with E-state index in [4.69, 9.17) is 11.6 Å². The van der Waals surface area contributed by atoms with Gasteiger partial charge in [-0.3, -0.25) is 0 Å². The molecular formula is C13H15ClN2S. The highest BCUT2D eigenvalue weighted by molar-refractivity contribution is 7.97. The number of halogens is 1. The van der Waals surface area contributed by atoms with Crippen LogP contribution in [0, 0.1) is 0 Å². The van der Waals surface area contributed by atoms with Crippen LogP contribution in [0.5, 0.6) is 0 Å². The molecule has 90 valence electrons. The minimum absolute atomic E-state index is 0.654. The molecule has 1 aliphatic carbocycles. The molecule has 0 amide bonds. The molecule has 0 spiro atoms. The van der Waals surface area contributed by atoms with Crippen LogP contribution in [-0.2, 0) is 0 Å². The van der Waals surface area contributed by atoms with Crippen molar-refractivity contribution in [3.63, 3.8) is 0 Å². The number of nitrogens with one attached hydrogen (secondary N) is 1. The van der Waals surface area contributed by atoms with Gasteiger partial charge in [-0.25, -0.2) is 4.31 Å². The van der Waals surface area contributed by atoms with E-state index in [0.717, 1.165) is 23.8 Å².